The number of hydrogen-bond donors (Lipinski definition) is 1. The molecule has 0 aromatic carbocycles. The molecule has 0 atom stereocenters. The quantitative estimate of drug-likeness (QED) is 0.695. The largest absolute Gasteiger partial charge is 0.369 e. The van der Waals surface area contributed by atoms with Crippen molar-refractivity contribution in [2.75, 3.05) is 0 Å². The number of rotatable bonds is 3. The molecule has 0 rings (SSSR count). The first-order valence-corrected chi connectivity index (χ1v) is 4.44. The molecule has 0 unspecified atom stereocenters. The average molecular weight is 171 g/mol. The van der Waals surface area contributed by atoms with Gasteiger partial charge < -0.3 is 5.73 Å². The Balaban J connectivity index is 4.88. The molecule has 2 nitrogen and oxygen atoms in total. The van der Waals surface area contributed by atoms with Crippen LogP contribution >= 0.6 is 0 Å². The molecule has 0 aliphatic rings. The van der Waals surface area contributed by atoms with E-state index < -0.39 is 5.41 Å². The van der Waals surface area contributed by atoms with Crippen LogP contribution in [0.4, 0.5) is 0 Å². The number of nitrogens with two attached hydrogens (primary N) is 1. The average Bonchev–Trinajstić information content (AvgIpc) is 1.86. The molecule has 1 amide bonds. The van der Waals surface area contributed by atoms with Crippen molar-refractivity contribution in [3.8, 4) is 0 Å². The van der Waals surface area contributed by atoms with Gasteiger partial charge in [-0.1, -0.05) is 41.5 Å². The Morgan fingerprint density at radius 1 is 1.17 bits per heavy atom. The summed E-state index contributed by atoms with van der Waals surface area (Å²) < 4.78 is 0. The smallest absolute Gasteiger partial charge is 0.223 e. The molecule has 0 radical (unpaired) electrons. The van der Waals surface area contributed by atoms with Crippen LogP contribution in [-0.4, -0.2) is 5.91 Å². The summed E-state index contributed by atoms with van der Waals surface area (Å²) in [6.07, 6.45) is 0. The van der Waals surface area contributed by atoms with E-state index in [1.165, 1.54) is 0 Å². The molecule has 2 heteroatoms. The SMILES string of the molecule is CC(C)C(C)(C)C(C)(C)C(N)=O. The fraction of sp³-hybridized carbons (Fsp3) is 0.900. The molecule has 0 spiro atoms. The van der Waals surface area contributed by atoms with Crippen LogP contribution in [0.15, 0.2) is 0 Å². The standard InChI is InChI=1S/C10H21NO/c1-7(2)9(3,4)10(5,6)8(11)12/h7H,1-6H3,(H2,11,12). The van der Waals surface area contributed by atoms with E-state index in [4.69, 9.17) is 5.73 Å². The number of carbonyl (C=O) groups is 1. The summed E-state index contributed by atoms with van der Waals surface area (Å²) in [7, 11) is 0. The van der Waals surface area contributed by atoms with Gasteiger partial charge in [-0.05, 0) is 11.3 Å². The zero-order valence-corrected chi connectivity index (χ0v) is 9.06. The lowest BCUT2D eigenvalue weighted by molar-refractivity contribution is -0.134. The second-order valence-corrected chi connectivity index (χ2v) is 4.87. The van der Waals surface area contributed by atoms with E-state index in [1.54, 1.807) is 0 Å². The molecule has 2 N–H and O–H groups in total. The fourth-order valence-corrected chi connectivity index (χ4v) is 1.04. The molecule has 0 saturated carbocycles. The maximum Gasteiger partial charge on any atom is 0.223 e. The highest BCUT2D eigenvalue weighted by atomic mass is 16.1. The lowest BCUT2D eigenvalue weighted by Gasteiger charge is -2.42. The summed E-state index contributed by atoms with van der Waals surface area (Å²) in [6.45, 7) is 12.2. The number of carbonyl (C=O) groups excluding carboxylic acids is 1. The van der Waals surface area contributed by atoms with Gasteiger partial charge in [0.05, 0.1) is 0 Å². The maximum absolute atomic E-state index is 11.2. The molecule has 12 heavy (non-hydrogen) atoms. The van der Waals surface area contributed by atoms with Crippen LogP contribution in [0.3, 0.4) is 0 Å². The summed E-state index contributed by atoms with van der Waals surface area (Å²) in [5.41, 5.74) is 4.86. The maximum atomic E-state index is 11.2. The summed E-state index contributed by atoms with van der Waals surface area (Å²) in [5, 5.41) is 0. The van der Waals surface area contributed by atoms with Gasteiger partial charge in [0.15, 0.2) is 0 Å². The third kappa shape index (κ3) is 1.62. The van der Waals surface area contributed by atoms with Crippen molar-refractivity contribution in [2.24, 2.45) is 22.5 Å². The predicted octanol–water partition coefficient (Wildman–Crippen LogP) is 2.18. The summed E-state index contributed by atoms with van der Waals surface area (Å²) in [6, 6.07) is 0. The van der Waals surface area contributed by atoms with Crippen LogP contribution in [-0.2, 0) is 4.79 Å². The highest BCUT2D eigenvalue weighted by molar-refractivity contribution is 5.80. The van der Waals surface area contributed by atoms with E-state index in [0.29, 0.717) is 5.92 Å². The van der Waals surface area contributed by atoms with Crippen LogP contribution in [0.1, 0.15) is 41.5 Å². The van der Waals surface area contributed by atoms with Crippen LogP contribution in [0.2, 0.25) is 0 Å². The Kier molecular flexibility index (Phi) is 2.94. The second kappa shape index (κ2) is 3.08. The third-order valence-electron chi connectivity index (χ3n) is 3.67. The molecule has 0 heterocycles. The van der Waals surface area contributed by atoms with Gasteiger partial charge in [0.1, 0.15) is 0 Å². The van der Waals surface area contributed by atoms with Gasteiger partial charge in [0.2, 0.25) is 5.91 Å². The number of primary amides is 1. The van der Waals surface area contributed by atoms with Gasteiger partial charge in [-0.15, -0.1) is 0 Å². The fourth-order valence-electron chi connectivity index (χ4n) is 1.04. The van der Waals surface area contributed by atoms with Crippen molar-refractivity contribution in [3.63, 3.8) is 0 Å². The van der Waals surface area contributed by atoms with E-state index in [0.717, 1.165) is 0 Å². The normalized spacial score (nSPS) is 13.6. The summed E-state index contributed by atoms with van der Waals surface area (Å²) in [5.74, 6) is 0.223. The molecule has 0 aromatic heterocycles. The van der Waals surface area contributed by atoms with Crippen LogP contribution < -0.4 is 5.73 Å². The molecular weight excluding hydrogens is 150 g/mol. The van der Waals surface area contributed by atoms with Crippen molar-refractivity contribution >= 4 is 5.91 Å². The van der Waals surface area contributed by atoms with Crippen molar-refractivity contribution in [2.45, 2.75) is 41.5 Å². The Bertz CT molecular complexity index is 180. The topological polar surface area (TPSA) is 43.1 Å². The molecule has 0 aromatic rings. The van der Waals surface area contributed by atoms with Crippen LogP contribution in [0, 0.1) is 16.7 Å². The first-order chi connectivity index (χ1) is 5.14. The Labute approximate surface area is 75.5 Å². The molecular formula is C10H21NO. The first kappa shape index (κ1) is 11.5. The minimum Gasteiger partial charge on any atom is -0.369 e. The van der Waals surface area contributed by atoms with Gasteiger partial charge in [0, 0.05) is 5.41 Å². The molecule has 72 valence electrons. The number of amides is 1. The number of hydrogen-bond acceptors (Lipinski definition) is 1. The van der Waals surface area contributed by atoms with Gasteiger partial charge in [-0.3, -0.25) is 4.79 Å². The van der Waals surface area contributed by atoms with Gasteiger partial charge in [-0.25, -0.2) is 0 Å². The molecule has 0 saturated heterocycles. The van der Waals surface area contributed by atoms with Crippen LogP contribution in [0.5, 0.6) is 0 Å². The predicted molar refractivity (Wildman–Crippen MR) is 51.6 cm³/mol. The van der Waals surface area contributed by atoms with E-state index in [9.17, 15) is 4.79 Å². The lowest BCUT2D eigenvalue weighted by Crippen LogP contribution is -2.46. The summed E-state index contributed by atoms with van der Waals surface area (Å²) >= 11 is 0. The Morgan fingerprint density at radius 2 is 1.50 bits per heavy atom. The molecule has 0 aliphatic heterocycles. The summed E-state index contributed by atoms with van der Waals surface area (Å²) in [4.78, 5) is 11.2. The van der Waals surface area contributed by atoms with Crippen molar-refractivity contribution in [1.29, 1.82) is 0 Å². The second-order valence-electron chi connectivity index (χ2n) is 4.87. The van der Waals surface area contributed by atoms with Crippen LogP contribution in [0.25, 0.3) is 0 Å². The van der Waals surface area contributed by atoms with E-state index in [2.05, 4.69) is 27.7 Å². The van der Waals surface area contributed by atoms with Crippen molar-refractivity contribution in [3.05, 3.63) is 0 Å². The minimum atomic E-state index is -0.443. The Morgan fingerprint density at radius 3 is 1.58 bits per heavy atom. The van der Waals surface area contributed by atoms with Crippen molar-refractivity contribution < 1.29 is 4.79 Å². The molecule has 0 fully saturated rings. The Hall–Kier alpha value is -0.530. The van der Waals surface area contributed by atoms with Gasteiger partial charge in [0.25, 0.3) is 0 Å². The lowest BCUT2D eigenvalue weighted by atomic mass is 9.62. The van der Waals surface area contributed by atoms with E-state index in [-0.39, 0.29) is 11.3 Å². The third-order valence-corrected chi connectivity index (χ3v) is 3.67. The van der Waals surface area contributed by atoms with E-state index in [1.807, 2.05) is 13.8 Å². The highest BCUT2D eigenvalue weighted by Crippen LogP contribution is 2.43. The zero-order chi connectivity index (χ0) is 10.2. The van der Waals surface area contributed by atoms with Crippen molar-refractivity contribution in [1.82, 2.24) is 0 Å². The molecule has 0 bridgehead atoms. The first-order valence-electron chi connectivity index (χ1n) is 4.44. The highest BCUT2D eigenvalue weighted by Gasteiger charge is 2.43. The van der Waals surface area contributed by atoms with Gasteiger partial charge >= 0.3 is 0 Å². The zero-order valence-electron chi connectivity index (χ0n) is 9.06. The van der Waals surface area contributed by atoms with E-state index >= 15 is 0 Å². The monoisotopic (exact) mass is 171 g/mol. The molecule has 0 aliphatic carbocycles. The minimum absolute atomic E-state index is 0.0567. The van der Waals surface area contributed by atoms with Gasteiger partial charge in [-0.2, -0.15) is 0 Å².